The normalized spacial score (nSPS) is 11.5. The van der Waals surface area contributed by atoms with Gasteiger partial charge in [-0.1, -0.05) is 129 Å². The Labute approximate surface area is 793 Å². The number of anilines is 2. The number of fused-ring (bicyclic) bond motifs is 5. The molecule has 0 aliphatic carbocycles. The van der Waals surface area contributed by atoms with Gasteiger partial charge < -0.3 is 60.5 Å². The molecule has 13 N–H and O–H groups in total. The molecular formula is C80H92Br7Cl4N14O18P. The van der Waals surface area contributed by atoms with Gasteiger partial charge in [-0.15, -0.1) is 15.3 Å². The Morgan fingerprint density at radius 1 is 0.516 bits per heavy atom. The predicted molar refractivity (Wildman–Crippen MR) is 508 cm³/mol. The first-order chi connectivity index (χ1) is 57.2. The van der Waals surface area contributed by atoms with Crippen molar-refractivity contribution in [2.75, 3.05) is 30.3 Å². The molecule has 0 bridgehead atoms. The van der Waals surface area contributed by atoms with E-state index in [1.807, 2.05) is 97.6 Å². The van der Waals surface area contributed by atoms with Crippen molar-refractivity contribution in [1.82, 2.24) is 51.8 Å². The fraction of sp³-hybridized carbons (Fsp3) is 0.287. The molecule has 7 aromatic carbocycles. The van der Waals surface area contributed by atoms with Crippen LogP contribution in [0.5, 0.6) is 0 Å². The molecule has 11 aromatic rings. The highest BCUT2D eigenvalue weighted by Gasteiger charge is 2.35. The highest BCUT2D eigenvalue weighted by molar-refractivity contribution is 9.11. The third-order valence-corrected chi connectivity index (χ3v) is 17.5. The number of hydrazine groups is 1. The topological polar surface area (TPSA) is 495 Å². The molecule has 1 atom stereocenters. The smallest absolute Gasteiger partial charge is 0.478 e. The van der Waals surface area contributed by atoms with Gasteiger partial charge in [0.1, 0.15) is 22.4 Å². The summed E-state index contributed by atoms with van der Waals surface area (Å²) in [6.07, 6.45) is 1.57. The summed E-state index contributed by atoms with van der Waals surface area (Å²) in [4.78, 5) is 94.3. The van der Waals surface area contributed by atoms with Crippen molar-refractivity contribution in [3.8, 4) is 0 Å². The number of carbonyl (C=O) groups excluding carboxylic acids is 6. The molecule has 124 heavy (non-hydrogen) atoms. The van der Waals surface area contributed by atoms with E-state index >= 15 is 0 Å². The van der Waals surface area contributed by atoms with Crippen molar-refractivity contribution in [2.24, 2.45) is 11.7 Å². The van der Waals surface area contributed by atoms with Crippen LogP contribution in [-0.2, 0) is 33.0 Å². The number of amides is 3. The first-order valence-corrected chi connectivity index (χ1v) is 46.0. The summed E-state index contributed by atoms with van der Waals surface area (Å²) in [5, 5.41) is 58.1. The standard InChI is InChI=1S/C18H22BrN3O4.C11H14BrNO.C10H18O5.C8H4BrClN2.C8H6BrN3.C8H5BrN2O.C8H5BrO3.C7H5BrO2.C2H6O.Cl3OP.H4N2.H3N/c1-17(2,3)25-15(23)22(16(24)26-18(4,5)6)14-13-8-7-12(19)9-11(13)10-20-21-14;1-3-13(4-2)11(14)9-5-7-10(12)8-6-9;1-9(2,3)14-7(11)13-8(12)15-10(4,5)6;2*9-6-1-2-7-5(3-6)4-11-12-8(7)10;9-6-1-2-7-5(3-6)4-10-11-8(7)12;9-4-1-2-5-6(3-4)8(11)12-7(5)10;8-6-3-1-5(2-4-6)7(9)10;1-2-3;1-5(2,3)4;1-2;/h7-10H,1-6H3;5-8H,3-4H2,1-2H3;1-6H3;1-4H;1-4H,(H2,10,12);1-4H,(H,11,12);1-3,8,11H;1-4H,(H,9,10);3H,2H2,1H3;;1-2H2;1H3. The maximum atomic E-state index is 12.7. The number of nitrogens with two attached hydrogens (primary N) is 3. The van der Waals surface area contributed by atoms with Crippen LogP contribution < -0.4 is 34.0 Å². The maximum absolute atomic E-state index is 12.7. The number of esters is 1. The molecule has 0 radical (unpaired) electrons. The van der Waals surface area contributed by atoms with E-state index < -0.39 is 70.3 Å². The summed E-state index contributed by atoms with van der Waals surface area (Å²) >= 11 is 42.9. The molecule has 44 heteroatoms. The number of nitrogens with zero attached hydrogens (tertiary/aromatic N) is 9. The van der Waals surface area contributed by atoms with E-state index in [4.69, 9.17) is 46.5 Å². The number of carbonyl (C=O) groups is 7. The van der Waals surface area contributed by atoms with E-state index in [9.17, 15) is 48.0 Å². The van der Waals surface area contributed by atoms with Crippen LogP contribution in [-0.4, -0.2) is 145 Å². The predicted octanol–water partition coefficient (Wildman–Crippen LogP) is 23.1. The van der Waals surface area contributed by atoms with E-state index in [1.54, 1.807) is 175 Å². The van der Waals surface area contributed by atoms with E-state index in [1.165, 1.54) is 0 Å². The first kappa shape index (κ1) is 114. The summed E-state index contributed by atoms with van der Waals surface area (Å²) in [5.41, 5.74) is 4.50. The molecule has 1 aliphatic heterocycles. The van der Waals surface area contributed by atoms with Gasteiger partial charge in [0.05, 0.1) is 41.3 Å². The van der Waals surface area contributed by atoms with E-state index in [2.05, 4.69) is 207 Å². The molecule has 1 unspecified atom stereocenters. The lowest BCUT2D eigenvalue weighted by Crippen LogP contribution is -2.44. The number of aliphatic hydroxyl groups is 2. The summed E-state index contributed by atoms with van der Waals surface area (Å²) in [5.74, 6) is 7.26. The SMILES string of the molecule is CC(C)(C)OC(=O)N(C(=O)OC(C)(C)C)c1nncc2cc(Br)ccc12.CC(C)(C)OC(=O)OC(=O)OC(C)(C)C.CCN(CC)C(=O)c1ccc(Br)cc1.CCO.Clc1nncc2cc(Br)ccc12.N.NN.Nc1nncc2cc(Br)ccc12.O=C(O)c1ccc(Br)cc1.O=C1OC(O)c2cc(Br)ccc21.O=P(Cl)(Cl)Cl.O=c1[nH]ncc2cc(Br)ccc12. The van der Waals surface area contributed by atoms with Gasteiger partial charge in [0.25, 0.3) is 11.5 Å². The number of benzene rings is 7. The van der Waals surface area contributed by atoms with Crippen molar-refractivity contribution in [1.29, 1.82) is 0 Å². The van der Waals surface area contributed by atoms with E-state index in [0.29, 0.717) is 43.8 Å². The third-order valence-electron chi connectivity index (χ3n) is 13.7. The number of halogens is 11. The second kappa shape index (κ2) is 54.8. The molecule has 4 aromatic heterocycles. The molecule has 5 heterocycles. The number of nitrogen functional groups attached to an aromatic ring is 1. The molecule has 12 rings (SSSR count). The number of imide groups is 1. The number of aromatic amines is 1. The lowest BCUT2D eigenvalue weighted by Gasteiger charge is -2.28. The van der Waals surface area contributed by atoms with Gasteiger partial charge >= 0.3 is 41.6 Å². The Kier molecular flexibility index (Phi) is 50.4. The van der Waals surface area contributed by atoms with E-state index in [-0.39, 0.29) is 30.0 Å². The highest BCUT2D eigenvalue weighted by Crippen LogP contribution is 2.61. The Morgan fingerprint density at radius 2 is 0.863 bits per heavy atom. The quantitative estimate of drug-likeness (QED) is 0.0198. The van der Waals surface area contributed by atoms with Crippen molar-refractivity contribution in [3.05, 3.63) is 233 Å². The van der Waals surface area contributed by atoms with Gasteiger partial charge in [-0.05, 0) is 271 Å². The van der Waals surface area contributed by atoms with Crippen LogP contribution in [0.1, 0.15) is 147 Å². The number of hydrogen-bond acceptors (Lipinski definition) is 28. The van der Waals surface area contributed by atoms with Crippen molar-refractivity contribution in [3.63, 3.8) is 0 Å². The third kappa shape index (κ3) is 44.4. The average Bonchev–Trinajstić information content (AvgIpc) is 1.33. The second-order valence-electron chi connectivity index (χ2n) is 28.0. The first-order valence-electron chi connectivity index (χ1n) is 35.7. The van der Waals surface area contributed by atoms with Gasteiger partial charge in [-0.2, -0.15) is 25.3 Å². The fourth-order valence-corrected chi connectivity index (χ4v) is 11.5. The number of ether oxygens (including phenoxy) is 6. The molecule has 3 amide bonds. The second-order valence-corrected chi connectivity index (χ2v) is 41.4. The summed E-state index contributed by atoms with van der Waals surface area (Å²) in [7, 11) is 0. The van der Waals surface area contributed by atoms with Crippen molar-refractivity contribution >= 4 is 259 Å². The van der Waals surface area contributed by atoms with Gasteiger partial charge in [-0.25, -0.2) is 33.9 Å². The molecule has 0 saturated heterocycles. The van der Waals surface area contributed by atoms with Gasteiger partial charge in [0, 0.05) is 99.8 Å². The Hall–Kier alpha value is -8.06. The molecule has 1 aliphatic rings. The molecule has 0 fully saturated rings. The number of nitrogens with one attached hydrogen (secondary N) is 1. The molecule has 0 saturated carbocycles. The van der Waals surface area contributed by atoms with Crippen LogP contribution in [0.3, 0.4) is 0 Å². The minimum atomic E-state index is -3.22. The number of aliphatic hydroxyl groups excluding tert-OH is 2. The maximum Gasteiger partial charge on any atom is 0.519 e. The average molecular weight is 2270 g/mol. The van der Waals surface area contributed by atoms with Crippen LogP contribution in [0.4, 0.5) is 30.8 Å². The lowest BCUT2D eigenvalue weighted by atomic mass is 10.1. The molecule has 672 valence electrons. The summed E-state index contributed by atoms with van der Waals surface area (Å²) in [6, 6.07) is 41.4. The Bertz CT molecular complexity index is 5320. The number of carboxylic acids is 1. The lowest BCUT2D eigenvalue weighted by molar-refractivity contribution is -0.0549. The van der Waals surface area contributed by atoms with Crippen LogP contribution >= 0.6 is 162 Å². The number of rotatable bonds is 5. The van der Waals surface area contributed by atoms with Crippen LogP contribution in [0.15, 0.2) is 200 Å². The number of carboxylic acid groups (broad SMARTS) is 1. The largest absolute Gasteiger partial charge is 0.519 e. The molecular weight excluding hydrogens is 2180 g/mol. The Morgan fingerprint density at radius 3 is 1.28 bits per heavy atom. The number of aromatic nitrogens is 8. The zero-order chi connectivity index (χ0) is 93.7. The number of H-pyrrole nitrogens is 1. The number of hydrogen-bond donors (Lipinski definition) is 8. The number of cyclic esters (lactones) is 1. The Balaban J connectivity index is 0.000000708. The van der Waals surface area contributed by atoms with Crippen molar-refractivity contribution in [2.45, 2.75) is 133 Å². The minimum absolute atomic E-state index is 0. The highest BCUT2D eigenvalue weighted by atomic mass is 79.9. The molecule has 32 nitrogen and oxygen atoms in total. The summed E-state index contributed by atoms with van der Waals surface area (Å²) in [6.45, 7) is 27.7. The van der Waals surface area contributed by atoms with Gasteiger partial charge in [-0.3, -0.25) is 25.8 Å². The zero-order valence-electron chi connectivity index (χ0n) is 69.3. The fourth-order valence-electron chi connectivity index (χ4n) is 8.88. The van der Waals surface area contributed by atoms with Gasteiger partial charge in [0.2, 0.25) is 6.29 Å². The van der Waals surface area contributed by atoms with Crippen LogP contribution in [0.25, 0.3) is 43.1 Å². The monoisotopic (exact) mass is 2260 g/mol. The van der Waals surface area contributed by atoms with E-state index in [0.717, 1.165) is 81.8 Å². The minimum Gasteiger partial charge on any atom is -0.478 e. The van der Waals surface area contributed by atoms with Crippen LogP contribution in [0, 0.1) is 0 Å². The summed E-state index contributed by atoms with van der Waals surface area (Å²) < 4.78 is 45.2. The van der Waals surface area contributed by atoms with Crippen LogP contribution in [0.2, 0.25) is 5.15 Å². The van der Waals surface area contributed by atoms with Gasteiger partial charge in [0.15, 0.2) is 16.8 Å². The number of aromatic carboxylic acids is 1. The molecule has 0 spiro atoms. The zero-order valence-corrected chi connectivity index (χ0v) is 84.3. The van der Waals surface area contributed by atoms with Crippen molar-refractivity contribution < 1.29 is 81.9 Å².